The summed E-state index contributed by atoms with van der Waals surface area (Å²) in [6.45, 7) is 1.09. The van der Waals surface area contributed by atoms with Crippen molar-refractivity contribution in [2.75, 3.05) is 13.9 Å². The first-order chi connectivity index (χ1) is 15.6. The number of hydrogen-bond acceptors (Lipinski definition) is 7. The first-order valence-electron chi connectivity index (χ1n) is 11.2. The van der Waals surface area contributed by atoms with Crippen molar-refractivity contribution in [1.29, 1.82) is 0 Å². The summed E-state index contributed by atoms with van der Waals surface area (Å²) >= 11 is 0. The van der Waals surface area contributed by atoms with Gasteiger partial charge in [0.25, 0.3) is 0 Å². The molecule has 0 atom stereocenters. The monoisotopic (exact) mass is 435 g/mol. The molecule has 7 nitrogen and oxygen atoms in total. The molecule has 0 spiro atoms. The first-order valence-corrected chi connectivity index (χ1v) is 11.2. The maximum absolute atomic E-state index is 11.2. The predicted octanol–water partition coefficient (Wildman–Crippen LogP) is 3.76. The van der Waals surface area contributed by atoms with Crippen LogP contribution in [0.1, 0.15) is 43.2 Å². The summed E-state index contributed by atoms with van der Waals surface area (Å²) in [5.74, 6) is 2.21. The Morgan fingerprint density at radius 1 is 1.12 bits per heavy atom. The first kappa shape index (κ1) is 21.0. The minimum atomic E-state index is -0.634. The number of pyridine rings is 2. The zero-order valence-corrected chi connectivity index (χ0v) is 18.3. The fourth-order valence-corrected chi connectivity index (χ4v) is 4.67. The summed E-state index contributed by atoms with van der Waals surface area (Å²) in [6, 6.07) is 12.2. The number of hydrogen-bond donors (Lipinski definition) is 2. The van der Waals surface area contributed by atoms with Crippen LogP contribution in [0.15, 0.2) is 42.6 Å². The van der Waals surface area contributed by atoms with Crippen LogP contribution in [-0.2, 0) is 13.0 Å². The molecule has 0 radical (unpaired) electrons. The molecule has 1 aliphatic heterocycles. The van der Waals surface area contributed by atoms with Gasteiger partial charge < -0.3 is 24.6 Å². The van der Waals surface area contributed by atoms with Gasteiger partial charge in [0.1, 0.15) is 0 Å². The van der Waals surface area contributed by atoms with Crippen LogP contribution in [0, 0.1) is 0 Å². The summed E-state index contributed by atoms with van der Waals surface area (Å²) < 4.78 is 16.1. The van der Waals surface area contributed by atoms with Gasteiger partial charge in [-0.25, -0.2) is 4.98 Å². The molecule has 0 bridgehead atoms. The Labute approximate surface area is 187 Å². The molecule has 168 valence electrons. The molecule has 2 N–H and O–H groups in total. The van der Waals surface area contributed by atoms with E-state index >= 15 is 0 Å². The Bertz CT molecular complexity index is 1100. The molecule has 1 aliphatic carbocycles. The summed E-state index contributed by atoms with van der Waals surface area (Å²) in [5.41, 5.74) is 3.36. The van der Waals surface area contributed by atoms with Crippen molar-refractivity contribution in [3.05, 3.63) is 53.7 Å². The van der Waals surface area contributed by atoms with Crippen molar-refractivity contribution in [3.8, 4) is 17.4 Å². The number of rotatable bonds is 7. The molecule has 0 unspecified atom stereocenters. The van der Waals surface area contributed by atoms with Gasteiger partial charge in [-0.15, -0.1) is 0 Å². The second-order valence-corrected chi connectivity index (χ2v) is 8.76. The number of benzene rings is 1. The largest absolute Gasteiger partial charge is 0.481 e. The van der Waals surface area contributed by atoms with Crippen molar-refractivity contribution < 1.29 is 19.3 Å². The highest BCUT2D eigenvalue weighted by Gasteiger charge is 2.33. The van der Waals surface area contributed by atoms with Gasteiger partial charge in [0.15, 0.2) is 11.5 Å². The van der Waals surface area contributed by atoms with Crippen LogP contribution in [0.25, 0.3) is 11.0 Å². The SMILES string of the molecule is COc1ccc2nccc(CC[C@]3(O)CC[C@H](NCc4ccc5c(c4)OCO5)CC3)c2n1. The van der Waals surface area contributed by atoms with E-state index in [1.165, 1.54) is 5.56 Å². The summed E-state index contributed by atoms with van der Waals surface area (Å²) in [4.78, 5) is 8.97. The van der Waals surface area contributed by atoms with E-state index in [0.717, 1.165) is 73.2 Å². The van der Waals surface area contributed by atoms with Gasteiger partial charge >= 0.3 is 0 Å². The molecule has 1 saturated carbocycles. The number of fused-ring (bicyclic) bond motifs is 2. The topological polar surface area (TPSA) is 85.7 Å². The van der Waals surface area contributed by atoms with E-state index in [4.69, 9.17) is 14.2 Å². The fourth-order valence-electron chi connectivity index (χ4n) is 4.67. The van der Waals surface area contributed by atoms with Crippen LogP contribution < -0.4 is 19.5 Å². The van der Waals surface area contributed by atoms with Gasteiger partial charge in [0.2, 0.25) is 12.7 Å². The van der Waals surface area contributed by atoms with Crippen molar-refractivity contribution in [3.63, 3.8) is 0 Å². The minimum Gasteiger partial charge on any atom is -0.481 e. The number of methoxy groups -OCH3 is 1. The van der Waals surface area contributed by atoms with Crippen LogP contribution >= 0.6 is 0 Å². The highest BCUT2D eigenvalue weighted by molar-refractivity contribution is 5.78. The maximum atomic E-state index is 11.2. The lowest BCUT2D eigenvalue weighted by atomic mass is 9.78. The molecule has 7 heteroatoms. The Morgan fingerprint density at radius 2 is 1.97 bits per heavy atom. The number of aryl methyl sites for hydroxylation is 1. The van der Waals surface area contributed by atoms with E-state index in [2.05, 4.69) is 21.4 Å². The number of ether oxygens (including phenoxy) is 3. The molecule has 5 rings (SSSR count). The zero-order valence-electron chi connectivity index (χ0n) is 18.3. The maximum Gasteiger partial charge on any atom is 0.231 e. The van der Waals surface area contributed by atoms with Gasteiger partial charge in [-0.05, 0) is 73.9 Å². The molecule has 2 aromatic heterocycles. The quantitative estimate of drug-likeness (QED) is 0.584. The Hall–Kier alpha value is -2.90. The minimum absolute atomic E-state index is 0.298. The number of aromatic nitrogens is 2. The Balaban J connectivity index is 1.15. The van der Waals surface area contributed by atoms with Crippen molar-refractivity contribution in [1.82, 2.24) is 15.3 Å². The van der Waals surface area contributed by atoms with E-state index in [0.29, 0.717) is 18.7 Å². The molecule has 3 aromatic rings. The van der Waals surface area contributed by atoms with Gasteiger partial charge in [0.05, 0.1) is 23.7 Å². The Kier molecular flexibility index (Phi) is 5.85. The summed E-state index contributed by atoms with van der Waals surface area (Å²) in [7, 11) is 1.62. The molecular formula is C25H29N3O4. The number of aliphatic hydroxyl groups is 1. The molecule has 1 fully saturated rings. The van der Waals surface area contributed by atoms with Gasteiger partial charge in [-0.2, -0.15) is 0 Å². The molecule has 0 saturated heterocycles. The molecule has 1 aromatic carbocycles. The van der Waals surface area contributed by atoms with E-state index < -0.39 is 5.60 Å². The molecular weight excluding hydrogens is 406 g/mol. The van der Waals surface area contributed by atoms with E-state index in [1.807, 2.05) is 36.5 Å². The third-order valence-electron chi connectivity index (χ3n) is 6.66. The normalized spacial score (nSPS) is 22.2. The fraction of sp³-hybridized carbons (Fsp3) is 0.440. The zero-order chi connectivity index (χ0) is 22.0. The molecule has 2 aliphatic rings. The van der Waals surface area contributed by atoms with E-state index in [1.54, 1.807) is 7.11 Å². The molecule has 32 heavy (non-hydrogen) atoms. The molecule has 0 amide bonds. The van der Waals surface area contributed by atoms with E-state index in [9.17, 15) is 5.11 Å². The lowest BCUT2D eigenvalue weighted by Gasteiger charge is -2.36. The average molecular weight is 436 g/mol. The van der Waals surface area contributed by atoms with Crippen LogP contribution in [0.2, 0.25) is 0 Å². The average Bonchev–Trinajstić information content (AvgIpc) is 3.30. The lowest BCUT2D eigenvalue weighted by Crippen LogP contribution is -2.41. The number of nitrogens with one attached hydrogen (secondary N) is 1. The van der Waals surface area contributed by atoms with Gasteiger partial charge in [0, 0.05) is 24.8 Å². The second kappa shape index (κ2) is 8.92. The standard InChI is InChI=1S/C25H29N3O4/c1-30-23-5-3-20-24(28-23)18(9-13-26-20)6-10-25(29)11-7-19(8-12-25)27-15-17-2-4-21-22(14-17)32-16-31-21/h2-5,9,13-14,19,27,29H,6-8,10-12,15-16H2,1H3/t19-,25-. The smallest absolute Gasteiger partial charge is 0.231 e. The van der Waals surface area contributed by atoms with Crippen LogP contribution in [0.5, 0.6) is 17.4 Å². The highest BCUT2D eigenvalue weighted by atomic mass is 16.7. The van der Waals surface area contributed by atoms with Gasteiger partial charge in [-0.1, -0.05) is 6.07 Å². The molecule has 3 heterocycles. The second-order valence-electron chi connectivity index (χ2n) is 8.76. The summed E-state index contributed by atoms with van der Waals surface area (Å²) in [5, 5.41) is 14.8. The lowest BCUT2D eigenvalue weighted by molar-refractivity contribution is -0.0108. The third kappa shape index (κ3) is 4.49. The highest BCUT2D eigenvalue weighted by Crippen LogP contribution is 2.34. The summed E-state index contributed by atoms with van der Waals surface area (Å²) in [6.07, 6.45) is 6.82. The Morgan fingerprint density at radius 3 is 2.81 bits per heavy atom. The van der Waals surface area contributed by atoms with Gasteiger partial charge in [-0.3, -0.25) is 4.98 Å². The van der Waals surface area contributed by atoms with E-state index in [-0.39, 0.29) is 0 Å². The predicted molar refractivity (Wildman–Crippen MR) is 121 cm³/mol. The number of nitrogens with zero attached hydrogens (tertiary/aromatic N) is 2. The third-order valence-corrected chi connectivity index (χ3v) is 6.66. The van der Waals surface area contributed by atoms with Crippen molar-refractivity contribution >= 4 is 11.0 Å². The van der Waals surface area contributed by atoms with Crippen LogP contribution in [0.3, 0.4) is 0 Å². The van der Waals surface area contributed by atoms with Crippen LogP contribution in [-0.4, -0.2) is 40.6 Å². The van der Waals surface area contributed by atoms with Crippen molar-refractivity contribution in [2.45, 2.75) is 56.7 Å². The van der Waals surface area contributed by atoms with Crippen LogP contribution in [0.4, 0.5) is 0 Å². The van der Waals surface area contributed by atoms with Crippen molar-refractivity contribution in [2.24, 2.45) is 0 Å².